The molecule has 3 nitrogen and oxygen atoms in total. The van der Waals surface area contributed by atoms with E-state index >= 15 is 0 Å². The van der Waals surface area contributed by atoms with E-state index < -0.39 is 0 Å². The van der Waals surface area contributed by atoms with Crippen LogP contribution in [0, 0.1) is 13.8 Å². The smallest absolute Gasteiger partial charge is 0.310 e. The quantitative estimate of drug-likeness (QED) is 0.590. The molecule has 2 aromatic carbocycles. The molecule has 0 saturated heterocycles. The van der Waals surface area contributed by atoms with Crippen molar-refractivity contribution < 1.29 is 9.53 Å². The highest BCUT2D eigenvalue weighted by molar-refractivity contribution is 5.75. The molecule has 0 aliphatic heterocycles. The van der Waals surface area contributed by atoms with Crippen molar-refractivity contribution in [1.29, 1.82) is 0 Å². The number of aryl methyl sites for hydroxylation is 1. The monoisotopic (exact) mass is 347 g/mol. The second-order valence-corrected chi connectivity index (χ2v) is 6.89. The summed E-state index contributed by atoms with van der Waals surface area (Å²) in [5.41, 5.74) is 6.59. The molecule has 3 rings (SSSR count). The predicted octanol–water partition coefficient (Wildman–Crippen LogP) is 5.26. The predicted molar refractivity (Wildman–Crippen MR) is 106 cm³/mol. The van der Waals surface area contributed by atoms with E-state index in [1.807, 2.05) is 32.0 Å². The largest absolute Gasteiger partial charge is 0.463 e. The summed E-state index contributed by atoms with van der Waals surface area (Å²) in [4.78, 5) is 12.2. The highest BCUT2D eigenvalue weighted by Gasteiger charge is 2.18. The van der Waals surface area contributed by atoms with Gasteiger partial charge in [0.05, 0.1) is 18.2 Å². The van der Waals surface area contributed by atoms with Crippen molar-refractivity contribution in [3.63, 3.8) is 0 Å². The molecule has 134 valence electrons. The third-order valence-electron chi connectivity index (χ3n) is 4.42. The second-order valence-electron chi connectivity index (χ2n) is 6.89. The summed E-state index contributed by atoms with van der Waals surface area (Å²) in [7, 11) is 0. The zero-order valence-electron chi connectivity index (χ0n) is 15.8. The normalized spacial score (nSPS) is 11.0. The molecule has 3 heteroatoms. The molecule has 0 spiro atoms. The van der Waals surface area contributed by atoms with Crippen molar-refractivity contribution in [3.05, 3.63) is 77.5 Å². The lowest BCUT2D eigenvalue weighted by atomic mass is 10.1. The van der Waals surface area contributed by atoms with E-state index in [4.69, 9.17) is 4.74 Å². The zero-order chi connectivity index (χ0) is 18.7. The molecule has 0 atom stereocenters. The Hall–Kier alpha value is -2.81. The van der Waals surface area contributed by atoms with Gasteiger partial charge in [0.25, 0.3) is 0 Å². The molecule has 0 unspecified atom stereocenters. The lowest BCUT2D eigenvalue weighted by Gasteiger charge is -2.13. The number of hydrogen-bond acceptors (Lipinski definition) is 2. The van der Waals surface area contributed by atoms with Crippen molar-refractivity contribution in [3.8, 4) is 16.9 Å². The number of esters is 1. The van der Waals surface area contributed by atoms with Crippen LogP contribution in [0.2, 0.25) is 0 Å². The van der Waals surface area contributed by atoms with E-state index in [1.54, 1.807) is 0 Å². The van der Waals surface area contributed by atoms with E-state index in [0.29, 0.717) is 0 Å². The van der Waals surface area contributed by atoms with Gasteiger partial charge in [-0.05, 0) is 57.0 Å². The van der Waals surface area contributed by atoms with Crippen LogP contribution in [0.5, 0.6) is 0 Å². The number of rotatable bonds is 5. The lowest BCUT2D eigenvalue weighted by Crippen LogP contribution is -2.14. The summed E-state index contributed by atoms with van der Waals surface area (Å²) < 4.78 is 7.55. The minimum absolute atomic E-state index is 0.101. The highest BCUT2D eigenvalue weighted by Crippen LogP contribution is 2.30. The van der Waals surface area contributed by atoms with Gasteiger partial charge in [-0.25, -0.2) is 0 Å². The average molecular weight is 347 g/mol. The number of hydrogen-bond donors (Lipinski definition) is 0. The summed E-state index contributed by atoms with van der Waals surface area (Å²) in [6.45, 7) is 7.89. The van der Waals surface area contributed by atoms with Gasteiger partial charge >= 0.3 is 5.97 Å². The Morgan fingerprint density at radius 2 is 1.65 bits per heavy atom. The molecular formula is C23H25NO2. The number of carbonyl (C=O) groups excluding carboxylic acids is 1. The molecule has 0 bridgehead atoms. The van der Waals surface area contributed by atoms with Gasteiger partial charge in [0, 0.05) is 11.4 Å². The van der Waals surface area contributed by atoms with Crippen molar-refractivity contribution in [2.24, 2.45) is 0 Å². The molecule has 0 aliphatic rings. The first-order chi connectivity index (χ1) is 12.5. The fraction of sp³-hybridized carbons (Fsp3) is 0.261. The SMILES string of the molecule is Cc1ccc(-c2cc(CC(=O)OC(C)C)c(C)n2-c2ccccc2)cc1. The highest BCUT2D eigenvalue weighted by atomic mass is 16.5. The Bertz CT molecular complexity index is 890. The third kappa shape index (κ3) is 3.88. The Balaban J connectivity index is 2.08. The summed E-state index contributed by atoms with van der Waals surface area (Å²) in [6, 6.07) is 20.8. The number of benzene rings is 2. The van der Waals surface area contributed by atoms with Gasteiger partial charge in [-0.2, -0.15) is 0 Å². The maximum Gasteiger partial charge on any atom is 0.310 e. The van der Waals surface area contributed by atoms with Crippen LogP contribution < -0.4 is 0 Å². The number of carbonyl (C=O) groups is 1. The summed E-state index contributed by atoms with van der Waals surface area (Å²) >= 11 is 0. The van der Waals surface area contributed by atoms with E-state index in [0.717, 1.165) is 28.2 Å². The number of ether oxygens (including phenoxy) is 1. The van der Waals surface area contributed by atoms with Crippen molar-refractivity contribution in [2.75, 3.05) is 0 Å². The molecule has 1 heterocycles. The van der Waals surface area contributed by atoms with Gasteiger partial charge in [-0.15, -0.1) is 0 Å². The van der Waals surface area contributed by atoms with Crippen LogP contribution >= 0.6 is 0 Å². The van der Waals surface area contributed by atoms with Gasteiger partial charge < -0.3 is 9.30 Å². The van der Waals surface area contributed by atoms with Crippen LogP contribution in [-0.2, 0) is 16.0 Å². The van der Waals surface area contributed by atoms with Crippen LogP contribution in [0.4, 0.5) is 0 Å². The summed E-state index contributed by atoms with van der Waals surface area (Å²) in [5.74, 6) is -0.191. The molecule has 0 aliphatic carbocycles. The molecule has 0 amide bonds. The van der Waals surface area contributed by atoms with Gasteiger partial charge in [0.2, 0.25) is 0 Å². The molecule has 0 saturated carbocycles. The number of aromatic nitrogens is 1. The molecule has 1 aromatic heterocycles. The van der Waals surface area contributed by atoms with Crippen molar-refractivity contribution >= 4 is 5.97 Å². The Kier molecular flexibility index (Phi) is 5.27. The topological polar surface area (TPSA) is 31.2 Å². The Labute approximate surface area is 155 Å². The maximum atomic E-state index is 12.2. The maximum absolute atomic E-state index is 12.2. The number of para-hydroxylation sites is 1. The average Bonchev–Trinajstić information content (AvgIpc) is 2.92. The second kappa shape index (κ2) is 7.61. The van der Waals surface area contributed by atoms with Crippen LogP contribution in [-0.4, -0.2) is 16.6 Å². The Morgan fingerprint density at radius 1 is 1.00 bits per heavy atom. The molecule has 3 aromatic rings. The summed E-state index contributed by atoms with van der Waals surface area (Å²) in [5, 5.41) is 0. The minimum Gasteiger partial charge on any atom is -0.463 e. The van der Waals surface area contributed by atoms with Crippen molar-refractivity contribution in [1.82, 2.24) is 4.57 Å². The van der Waals surface area contributed by atoms with Gasteiger partial charge in [0.1, 0.15) is 0 Å². The lowest BCUT2D eigenvalue weighted by molar-refractivity contribution is -0.146. The van der Waals surface area contributed by atoms with Crippen molar-refractivity contribution in [2.45, 2.75) is 40.2 Å². The van der Waals surface area contributed by atoms with E-state index in [2.05, 4.69) is 60.9 Å². The molecule has 26 heavy (non-hydrogen) atoms. The fourth-order valence-electron chi connectivity index (χ4n) is 3.14. The molecule has 0 fully saturated rings. The first-order valence-corrected chi connectivity index (χ1v) is 8.99. The van der Waals surface area contributed by atoms with E-state index in [1.165, 1.54) is 5.56 Å². The minimum atomic E-state index is -0.191. The fourth-order valence-corrected chi connectivity index (χ4v) is 3.14. The van der Waals surface area contributed by atoms with Crippen LogP contribution in [0.15, 0.2) is 60.7 Å². The zero-order valence-corrected chi connectivity index (χ0v) is 15.8. The first kappa shape index (κ1) is 18.0. The van der Waals surface area contributed by atoms with Crippen LogP contribution in [0.1, 0.15) is 30.7 Å². The Morgan fingerprint density at radius 3 is 2.27 bits per heavy atom. The summed E-state index contributed by atoms with van der Waals surface area (Å²) in [6.07, 6.45) is 0.179. The number of nitrogens with zero attached hydrogens (tertiary/aromatic N) is 1. The van der Waals surface area contributed by atoms with E-state index in [9.17, 15) is 4.79 Å². The molecule has 0 N–H and O–H groups in total. The van der Waals surface area contributed by atoms with Gasteiger partial charge in [-0.1, -0.05) is 48.0 Å². The van der Waals surface area contributed by atoms with Gasteiger partial charge in [-0.3, -0.25) is 4.79 Å². The van der Waals surface area contributed by atoms with Gasteiger partial charge in [0.15, 0.2) is 0 Å². The third-order valence-corrected chi connectivity index (χ3v) is 4.42. The standard InChI is InChI=1S/C23H25NO2/c1-16(2)26-23(25)15-20-14-22(19-12-10-17(3)11-13-19)24(18(20)4)21-8-6-5-7-9-21/h5-14,16H,15H2,1-4H3. The first-order valence-electron chi connectivity index (χ1n) is 8.99. The van der Waals surface area contributed by atoms with Crippen LogP contribution in [0.25, 0.3) is 16.9 Å². The molecule has 0 radical (unpaired) electrons. The molecular weight excluding hydrogens is 322 g/mol. The van der Waals surface area contributed by atoms with Crippen LogP contribution in [0.3, 0.4) is 0 Å². The van der Waals surface area contributed by atoms with E-state index in [-0.39, 0.29) is 18.5 Å².